The molecule has 1 aliphatic heterocycles. The number of rotatable bonds is 3. The van der Waals surface area contributed by atoms with E-state index >= 15 is 0 Å². The van der Waals surface area contributed by atoms with E-state index < -0.39 is 0 Å². The van der Waals surface area contributed by atoms with Gasteiger partial charge in [0.25, 0.3) is 0 Å². The maximum absolute atomic E-state index is 6.12. The monoisotopic (exact) mass is 440 g/mol. The van der Waals surface area contributed by atoms with Crippen molar-refractivity contribution in [1.29, 1.82) is 0 Å². The van der Waals surface area contributed by atoms with Crippen molar-refractivity contribution in [3.63, 3.8) is 0 Å². The van der Waals surface area contributed by atoms with E-state index in [0.717, 1.165) is 60.1 Å². The van der Waals surface area contributed by atoms with Crippen molar-refractivity contribution in [1.82, 2.24) is 19.6 Å². The van der Waals surface area contributed by atoms with Crippen LogP contribution in [0, 0.1) is 0 Å². The van der Waals surface area contributed by atoms with Crippen LogP contribution in [-0.2, 0) is 0 Å². The van der Waals surface area contributed by atoms with Crippen LogP contribution in [0.5, 0.6) is 0 Å². The van der Waals surface area contributed by atoms with Crippen molar-refractivity contribution < 1.29 is 0 Å². The van der Waals surface area contributed by atoms with Crippen molar-refractivity contribution in [2.24, 2.45) is 0 Å². The Hall–Kier alpha value is -3.64. The number of anilines is 2. The lowest BCUT2D eigenvalue weighted by atomic mass is 10.2. The highest BCUT2D eigenvalue weighted by atomic mass is 35.5. The van der Waals surface area contributed by atoms with Crippen LogP contribution in [0.25, 0.3) is 27.9 Å². The van der Waals surface area contributed by atoms with Gasteiger partial charge in [-0.2, -0.15) is 0 Å². The Bertz CT molecular complexity index is 1390. The second kappa shape index (κ2) is 7.80. The van der Waals surface area contributed by atoms with Gasteiger partial charge in [-0.3, -0.25) is 0 Å². The van der Waals surface area contributed by atoms with Gasteiger partial charge >= 0.3 is 0 Å². The third-order valence-corrected chi connectivity index (χ3v) is 6.27. The number of halogens is 1. The van der Waals surface area contributed by atoms with Gasteiger partial charge in [-0.05, 0) is 48.5 Å². The maximum atomic E-state index is 6.12. The van der Waals surface area contributed by atoms with Crippen LogP contribution < -0.4 is 9.80 Å². The van der Waals surface area contributed by atoms with Gasteiger partial charge in [0.1, 0.15) is 0 Å². The number of hydrogen-bond donors (Lipinski definition) is 0. The van der Waals surface area contributed by atoms with Crippen LogP contribution in [0.3, 0.4) is 0 Å². The molecule has 0 aliphatic carbocycles. The minimum atomic E-state index is 0.698. The van der Waals surface area contributed by atoms with Crippen molar-refractivity contribution in [3.8, 4) is 11.4 Å². The van der Waals surface area contributed by atoms with Gasteiger partial charge in [0.05, 0.1) is 5.52 Å². The van der Waals surface area contributed by atoms with Gasteiger partial charge in [-0.15, -0.1) is 10.2 Å². The molecule has 3 heterocycles. The molecule has 2 aromatic heterocycles. The first-order chi connectivity index (χ1) is 15.8. The summed E-state index contributed by atoms with van der Waals surface area (Å²) in [7, 11) is 0. The van der Waals surface area contributed by atoms with Gasteiger partial charge < -0.3 is 9.80 Å². The number of fused-ring (bicyclic) bond motifs is 3. The summed E-state index contributed by atoms with van der Waals surface area (Å²) in [5.41, 5.74) is 3.97. The van der Waals surface area contributed by atoms with E-state index in [4.69, 9.17) is 16.6 Å². The summed E-state index contributed by atoms with van der Waals surface area (Å²) < 4.78 is 2.09. The van der Waals surface area contributed by atoms with Gasteiger partial charge in [-0.25, -0.2) is 9.38 Å². The lowest BCUT2D eigenvalue weighted by Crippen LogP contribution is -2.47. The molecule has 5 aromatic rings. The molecule has 1 fully saturated rings. The number of aromatic nitrogens is 4. The van der Waals surface area contributed by atoms with Crippen molar-refractivity contribution >= 4 is 39.8 Å². The first-order valence-corrected chi connectivity index (χ1v) is 11.1. The Kier molecular flexibility index (Phi) is 4.65. The fourth-order valence-corrected chi connectivity index (χ4v) is 4.49. The maximum Gasteiger partial charge on any atom is 0.213 e. The molecule has 7 heteroatoms. The fourth-order valence-electron chi connectivity index (χ4n) is 4.37. The average Bonchev–Trinajstić information content (AvgIpc) is 3.30. The molecule has 0 atom stereocenters. The molecule has 158 valence electrons. The lowest BCUT2D eigenvalue weighted by Gasteiger charge is -2.36. The predicted molar refractivity (Wildman–Crippen MR) is 130 cm³/mol. The number of nitrogens with zero attached hydrogens (tertiary/aromatic N) is 6. The molecule has 0 saturated carbocycles. The third kappa shape index (κ3) is 3.24. The first kappa shape index (κ1) is 19.1. The second-order valence-corrected chi connectivity index (χ2v) is 8.36. The molecule has 32 heavy (non-hydrogen) atoms. The topological polar surface area (TPSA) is 49.6 Å². The number of para-hydroxylation sites is 2. The normalized spacial score (nSPS) is 14.4. The zero-order valence-corrected chi connectivity index (χ0v) is 18.2. The van der Waals surface area contributed by atoms with E-state index in [-0.39, 0.29) is 0 Å². The van der Waals surface area contributed by atoms with Crippen molar-refractivity contribution in [2.45, 2.75) is 0 Å². The van der Waals surface area contributed by atoms with Crippen LogP contribution in [0.1, 0.15) is 0 Å². The summed E-state index contributed by atoms with van der Waals surface area (Å²) in [4.78, 5) is 9.82. The Morgan fingerprint density at radius 2 is 1.38 bits per heavy atom. The predicted octanol–water partition coefficient (Wildman–Crippen LogP) is 4.92. The minimum absolute atomic E-state index is 0.698. The van der Waals surface area contributed by atoms with Crippen LogP contribution in [0.15, 0.2) is 78.9 Å². The summed E-state index contributed by atoms with van der Waals surface area (Å²) in [5.74, 6) is 1.65. The molecule has 1 aliphatic rings. The molecular formula is C25H21ClN6. The van der Waals surface area contributed by atoms with Gasteiger partial charge in [0.2, 0.25) is 5.95 Å². The number of piperazine rings is 1. The van der Waals surface area contributed by atoms with Gasteiger partial charge in [0, 0.05) is 47.8 Å². The van der Waals surface area contributed by atoms with Crippen LogP contribution in [0.4, 0.5) is 11.6 Å². The summed E-state index contributed by atoms with van der Waals surface area (Å²) in [6.45, 7) is 3.60. The molecule has 0 unspecified atom stereocenters. The Morgan fingerprint density at radius 3 is 2.16 bits per heavy atom. The summed E-state index contributed by atoms with van der Waals surface area (Å²) in [6.07, 6.45) is 0. The fraction of sp³-hybridized carbons (Fsp3) is 0.160. The van der Waals surface area contributed by atoms with Gasteiger partial charge in [0.15, 0.2) is 11.5 Å². The van der Waals surface area contributed by atoms with E-state index in [1.807, 2.05) is 42.5 Å². The van der Waals surface area contributed by atoms with E-state index in [9.17, 15) is 0 Å². The highest BCUT2D eigenvalue weighted by Crippen LogP contribution is 2.30. The highest BCUT2D eigenvalue weighted by Gasteiger charge is 2.24. The molecule has 0 spiro atoms. The Balaban J connectivity index is 1.45. The molecular weight excluding hydrogens is 420 g/mol. The number of hydrogen-bond acceptors (Lipinski definition) is 5. The van der Waals surface area contributed by atoms with Crippen LogP contribution >= 0.6 is 11.6 Å². The molecule has 0 N–H and O–H groups in total. The number of benzene rings is 3. The highest BCUT2D eigenvalue weighted by molar-refractivity contribution is 6.30. The standard InChI is InChI=1S/C25H21ClN6/c26-19-12-10-18(11-13-19)23-28-29-24-21-8-4-5-9-22(21)27-25(32(23)24)31-16-14-30(15-17-31)20-6-2-1-3-7-20/h1-13H,14-17H2. The lowest BCUT2D eigenvalue weighted by molar-refractivity contribution is 0.638. The van der Waals surface area contributed by atoms with E-state index in [1.165, 1.54) is 5.69 Å². The SMILES string of the molecule is Clc1ccc(-c2nnc3c4ccccc4nc(N4CCN(c5ccccc5)CC4)n23)cc1. The first-order valence-electron chi connectivity index (χ1n) is 10.7. The molecule has 0 radical (unpaired) electrons. The van der Waals surface area contributed by atoms with Gasteiger partial charge in [-0.1, -0.05) is 41.9 Å². The van der Waals surface area contributed by atoms with Crippen LogP contribution in [-0.4, -0.2) is 45.8 Å². The zero-order valence-electron chi connectivity index (χ0n) is 17.4. The molecule has 0 bridgehead atoms. The van der Waals surface area contributed by atoms with E-state index in [2.05, 4.69) is 60.8 Å². The minimum Gasteiger partial charge on any atom is -0.368 e. The Morgan fingerprint density at radius 1 is 0.688 bits per heavy atom. The summed E-state index contributed by atoms with van der Waals surface area (Å²) in [5, 5.41) is 10.8. The molecule has 3 aromatic carbocycles. The molecule has 0 amide bonds. The third-order valence-electron chi connectivity index (χ3n) is 6.01. The van der Waals surface area contributed by atoms with Crippen LogP contribution in [0.2, 0.25) is 5.02 Å². The molecule has 6 nitrogen and oxygen atoms in total. The van der Waals surface area contributed by atoms with E-state index in [1.54, 1.807) is 0 Å². The van der Waals surface area contributed by atoms with Crippen molar-refractivity contribution in [2.75, 3.05) is 36.0 Å². The zero-order chi connectivity index (χ0) is 21.5. The van der Waals surface area contributed by atoms with Crippen molar-refractivity contribution in [3.05, 3.63) is 83.9 Å². The molecule has 1 saturated heterocycles. The quantitative estimate of drug-likeness (QED) is 0.398. The summed E-state index contributed by atoms with van der Waals surface area (Å²) in [6, 6.07) is 26.4. The largest absolute Gasteiger partial charge is 0.368 e. The molecule has 6 rings (SSSR count). The average molecular weight is 441 g/mol. The van der Waals surface area contributed by atoms with E-state index in [0.29, 0.717) is 5.02 Å². The summed E-state index contributed by atoms with van der Waals surface area (Å²) >= 11 is 6.12. The Labute approximate surface area is 190 Å². The second-order valence-electron chi connectivity index (χ2n) is 7.93. The smallest absolute Gasteiger partial charge is 0.213 e.